The van der Waals surface area contributed by atoms with E-state index in [2.05, 4.69) is 30.3 Å². The first-order valence-electron chi connectivity index (χ1n) is 11.2. The summed E-state index contributed by atoms with van der Waals surface area (Å²) in [6.45, 7) is 6.92. The molecule has 0 saturated carbocycles. The highest BCUT2D eigenvalue weighted by molar-refractivity contribution is 5.85. The second kappa shape index (κ2) is 8.59. The molecule has 0 radical (unpaired) electrons. The predicted molar refractivity (Wildman–Crippen MR) is 115 cm³/mol. The van der Waals surface area contributed by atoms with Crippen molar-refractivity contribution in [1.29, 1.82) is 0 Å². The van der Waals surface area contributed by atoms with Crippen LogP contribution in [0.2, 0.25) is 0 Å². The number of ether oxygens (including phenoxy) is 1. The largest absolute Gasteiger partial charge is 0.456 e. The van der Waals surface area contributed by atoms with Crippen LogP contribution < -0.4 is 0 Å². The van der Waals surface area contributed by atoms with Crippen LogP contribution in [-0.2, 0) is 9.53 Å². The van der Waals surface area contributed by atoms with Crippen molar-refractivity contribution >= 4 is 5.97 Å². The molecule has 2 aromatic heterocycles. The van der Waals surface area contributed by atoms with E-state index in [1.54, 1.807) is 17.0 Å². The minimum absolute atomic E-state index is 0.220. The van der Waals surface area contributed by atoms with Gasteiger partial charge < -0.3 is 19.6 Å². The third kappa shape index (κ3) is 4.24. The Hall–Kier alpha value is -2.85. The van der Waals surface area contributed by atoms with Crippen LogP contribution in [0.1, 0.15) is 43.0 Å². The summed E-state index contributed by atoms with van der Waals surface area (Å²) >= 11 is 0. The van der Waals surface area contributed by atoms with Crippen molar-refractivity contribution in [3.05, 3.63) is 41.6 Å². The van der Waals surface area contributed by atoms with Gasteiger partial charge >= 0.3 is 5.97 Å². The van der Waals surface area contributed by atoms with Crippen LogP contribution in [0, 0.1) is 12.3 Å². The Bertz CT molecular complexity index is 989. The maximum atomic E-state index is 11.3. The summed E-state index contributed by atoms with van der Waals surface area (Å²) in [6.07, 6.45) is 8.81. The molecule has 0 aromatic carbocycles. The van der Waals surface area contributed by atoms with E-state index in [9.17, 15) is 9.90 Å². The van der Waals surface area contributed by atoms with Gasteiger partial charge in [0.1, 0.15) is 19.0 Å². The standard InChI is InChI=1S/C22H29N7O3/c1-16-10-17(29-15-24-25-26-29)12-23-21(16)19(30)13-27-6-2-22(3-7-27)4-8-28(9-5-22)18-11-20(31)32-14-18/h10-12,15,19,30H,2-9,13-14H2,1H3/t19-/m1/s1. The molecule has 3 aliphatic rings. The van der Waals surface area contributed by atoms with Crippen molar-refractivity contribution in [2.24, 2.45) is 5.41 Å². The maximum absolute atomic E-state index is 11.3. The van der Waals surface area contributed by atoms with Gasteiger partial charge in [-0.05, 0) is 73.2 Å². The summed E-state index contributed by atoms with van der Waals surface area (Å²) in [5.41, 5.74) is 3.81. The summed E-state index contributed by atoms with van der Waals surface area (Å²) in [5, 5.41) is 22.0. The monoisotopic (exact) mass is 439 g/mol. The van der Waals surface area contributed by atoms with Gasteiger partial charge in [0.05, 0.1) is 23.3 Å². The molecule has 170 valence electrons. The van der Waals surface area contributed by atoms with Crippen LogP contribution in [0.3, 0.4) is 0 Å². The van der Waals surface area contributed by atoms with Crippen LogP contribution >= 0.6 is 0 Å². The van der Waals surface area contributed by atoms with Crippen molar-refractivity contribution < 1.29 is 14.6 Å². The number of likely N-dealkylation sites (tertiary alicyclic amines) is 2. The molecule has 2 saturated heterocycles. The van der Waals surface area contributed by atoms with Gasteiger partial charge in [-0.3, -0.25) is 4.98 Å². The van der Waals surface area contributed by atoms with Crippen LogP contribution in [0.25, 0.3) is 5.69 Å². The number of aliphatic hydroxyl groups is 1. The molecule has 3 aliphatic heterocycles. The van der Waals surface area contributed by atoms with Gasteiger partial charge in [-0.25, -0.2) is 4.79 Å². The van der Waals surface area contributed by atoms with E-state index < -0.39 is 6.10 Å². The highest BCUT2D eigenvalue weighted by Crippen LogP contribution is 2.42. The lowest BCUT2D eigenvalue weighted by atomic mass is 9.71. The minimum Gasteiger partial charge on any atom is -0.456 e. The number of aryl methyl sites for hydroxylation is 1. The molecule has 1 spiro atoms. The number of carbonyl (C=O) groups is 1. The van der Waals surface area contributed by atoms with Crippen molar-refractivity contribution in [3.63, 3.8) is 0 Å². The number of tetrazole rings is 1. The average Bonchev–Trinajstić information content (AvgIpc) is 3.48. The molecule has 5 heterocycles. The van der Waals surface area contributed by atoms with Gasteiger partial charge in [0.25, 0.3) is 0 Å². The number of cyclic esters (lactones) is 1. The molecule has 5 rings (SSSR count). The lowest BCUT2D eigenvalue weighted by molar-refractivity contribution is -0.135. The first-order chi connectivity index (χ1) is 15.5. The molecule has 1 N–H and O–H groups in total. The molecule has 10 nitrogen and oxygen atoms in total. The van der Waals surface area contributed by atoms with Crippen molar-refractivity contribution in [2.75, 3.05) is 39.3 Å². The number of rotatable bonds is 5. The van der Waals surface area contributed by atoms with Gasteiger partial charge in [-0.1, -0.05) is 0 Å². The first kappa shape index (κ1) is 21.0. The second-order valence-electron chi connectivity index (χ2n) is 9.20. The zero-order chi connectivity index (χ0) is 22.1. The van der Waals surface area contributed by atoms with Crippen LogP contribution in [0.15, 0.2) is 30.4 Å². The molecule has 0 amide bonds. The molecule has 10 heteroatoms. The number of hydrogen-bond donors (Lipinski definition) is 1. The fourth-order valence-electron chi connectivity index (χ4n) is 5.18. The number of pyridine rings is 1. The summed E-state index contributed by atoms with van der Waals surface area (Å²) in [4.78, 5) is 20.5. The van der Waals surface area contributed by atoms with Gasteiger partial charge in [0.15, 0.2) is 0 Å². The van der Waals surface area contributed by atoms with Gasteiger partial charge in [0.2, 0.25) is 0 Å². The second-order valence-corrected chi connectivity index (χ2v) is 9.20. The SMILES string of the molecule is Cc1cc(-n2cnnn2)cnc1[C@H](O)CN1CCC2(CC1)CCN(C1=CC(=O)OC1)CC2. The molecular formula is C22H29N7O3. The lowest BCUT2D eigenvalue weighted by Gasteiger charge is -2.47. The molecule has 1 atom stereocenters. The fraction of sp³-hybridized carbons (Fsp3) is 0.591. The molecule has 0 bridgehead atoms. The third-order valence-electron chi connectivity index (χ3n) is 7.26. The van der Waals surface area contributed by atoms with E-state index in [0.29, 0.717) is 24.3 Å². The normalized spacial score (nSPS) is 22.1. The number of esters is 1. The van der Waals surface area contributed by atoms with E-state index in [4.69, 9.17) is 4.74 Å². The topological polar surface area (TPSA) is 109 Å². The number of β-amino-alcohol motifs (C(OH)–C–C–N with tert-alkyl or cyclic N) is 1. The third-order valence-corrected chi connectivity index (χ3v) is 7.26. The Morgan fingerprint density at radius 2 is 1.94 bits per heavy atom. The fourth-order valence-corrected chi connectivity index (χ4v) is 5.18. The highest BCUT2D eigenvalue weighted by Gasteiger charge is 2.38. The minimum atomic E-state index is -0.624. The molecule has 0 aliphatic carbocycles. The molecule has 2 fully saturated rings. The summed E-state index contributed by atoms with van der Waals surface area (Å²) in [7, 11) is 0. The molecule has 32 heavy (non-hydrogen) atoms. The zero-order valence-corrected chi connectivity index (χ0v) is 18.4. The predicted octanol–water partition coefficient (Wildman–Crippen LogP) is 1.02. The number of carbonyl (C=O) groups excluding carboxylic acids is 1. The van der Waals surface area contributed by atoms with E-state index in [1.165, 1.54) is 6.33 Å². The van der Waals surface area contributed by atoms with Gasteiger partial charge in [0, 0.05) is 25.7 Å². The number of aromatic nitrogens is 5. The first-order valence-corrected chi connectivity index (χ1v) is 11.2. The number of piperidine rings is 2. The Kier molecular flexibility index (Phi) is 5.64. The van der Waals surface area contributed by atoms with E-state index in [1.807, 2.05) is 13.0 Å². The van der Waals surface area contributed by atoms with Gasteiger partial charge in [-0.15, -0.1) is 5.10 Å². The lowest BCUT2D eigenvalue weighted by Crippen LogP contribution is -2.47. The maximum Gasteiger partial charge on any atom is 0.333 e. The van der Waals surface area contributed by atoms with Crippen LogP contribution in [-0.4, -0.2) is 85.4 Å². The Labute approximate surface area is 186 Å². The van der Waals surface area contributed by atoms with Crippen LogP contribution in [0.4, 0.5) is 0 Å². The van der Waals surface area contributed by atoms with Crippen molar-refractivity contribution in [2.45, 2.75) is 38.7 Å². The molecular weight excluding hydrogens is 410 g/mol. The average molecular weight is 440 g/mol. The number of hydrogen-bond acceptors (Lipinski definition) is 9. The van der Waals surface area contributed by atoms with E-state index in [-0.39, 0.29) is 5.97 Å². The van der Waals surface area contributed by atoms with Crippen molar-refractivity contribution in [1.82, 2.24) is 35.0 Å². The zero-order valence-electron chi connectivity index (χ0n) is 18.4. The summed E-state index contributed by atoms with van der Waals surface area (Å²) < 4.78 is 6.61. The Balaban J connectivity index is 1.14. The molecule has 2 aromatic rings. The summed E-state index contributed by atoms with van der Waals surface area (Å²) in [6, 6.07) is 1.94. The number of aliphatic hydroxyl groups excluding tert-OH is 1. The Morgan fingerprint density at radius 1 is 1.19 bits per heavy atom. The Morgan fingerprint density at radius 3 is 2.56 bits per heavy atom. The number of nitrogens with zero attached hydrogens (tertiary/aromatic N) is 7. The van der Waals surface area contributed by atoms with E-state index in [0.717, 1.165) is 68.8 Å². The summed E-state index contributed by atoms with van der Waals surface area (Å²) in [5.74, 6) is -0.220. The highest BCUT2D eigenvalue weighted by atomic mass is 16.5. The van der Waals surface area contributed by atoms with Crippen molar-refractivity contribution in [3.8, 4) is 5.69 Å². The quantitative estimate of drug-likeness (QED) is 0.683. The van der Waals surface area contributed by atoms with E-state index >= 15 is 0 Å². The van der Waals surface area contributed by atoms with Gasteiger partial charge in [-0.2, -0.15) is 4.68 Å². The molecule has 0 unspecified atom stereocenters. The van der Waals surface area contributed by atoms with Crippen LogP contribution in [0.5, 0.6) is 0 Å². The smallest absolute Gasteiger partial charge is 0.333 e.